The van der Waals surface area contributed by atoms with Crippen molar-refractivity contribution < 1.29 is 16.8 Å². The fraction of sp³-hybridized carbons (Fsp3) is 0. The van der Waals surface area contributed by atoms with Crippen LogP contribution in [0.1, 0.15) is 10.4 Å². The Labute approximate surface area is 161 Å². The minimum atomic E-state index is -4.00. The van der Waals surface area contributed by atoms with Crippen molar-refractivity contribution in [2.75, 3.05) is 4.72 Å². The van der Waals surface area contributed by atoms with Crippen molar-refractivity contribution in [2.24, 2.45) is 5.14 Å². The Hall–Kier alpha value is -2.64. The summed E-state index contributed by atoms with van der Waals surface area (Å²) in [5.74, 6) is 5.97. The van der Waals surface area contributed by atoms with Crippen molar-refractivity contribution in [3.8, 4) is 11.8 Å². The third-order valence-electron chi connectivity index (χ3n) is 3.41. The highest BCUT2D eigenvalue weighted by molar-refractivity contribution is 7.93. The first kappa shape index (κ1) is 19.1. The number of rotatable bonds is 4. The number of anilines is 1. The van der Waals surface area contributed by atoms with Gasteiger partial charge in [0.05, 0.1) is 20.4 Å². The van der Waals surface area contributed by atoms with Crippen molar-refractivity contribution in [2.45, 2.75) is 9.79 Å². The molecule has 1 aromatic heterocycles. The van der Waals surface area contributed by atoms with Crippen LogP contribution >= 0.6 is 11.3 Å². The average molecular weight is 419 g/mol. The zero-order valence-corrected chi connectivity index (χ0v) is 16.2. The highest BCUT2D eigenvalue weighted by Crippen LogP contribution is 2.19. The van der Waals surface area contributed by atoms with Crippen LogP contribution in [0.2, 0.25) is 0 Å². The molecule has 27 heavy (non-hydrogen) atoms. The van der Waals surface area contributed by atoms with Crippen LogP contribution in [0.4, 0.5) is 5.69 Å². The normalized spacial score (nSPS) is 11.4. The zero-order chi connectivity index (χ0) is 19.5. The van der Waals surface area contributed by atoms with E-state index in [1.807, 2.05) is 17.5 Å². The van der Waals surface area contributed by atoms with Crippen LogP contribution in [-0.2, 0) is 20.0 Å². The van der Waals surface area contributed by atoms with Crippen molar-refractivity contribution in [1.29, 1.82) is 0 Å². The summed E-state index contributed by atoms with van der Waals surface area (Å²) in [6.45, 7) is 0. The number of hydrogen-bond donors (Lipinski definition) is 2. The number of sulfonamides is 2. The molecule has 138 valence electrons. The van der Waals surface area contributed by atoms with E-state index in [-0.39, 0.29) is 9.79 Å². The fourth-order valence-corrected chi connectivity index (χ4v) is 4.48. The first-order valence-corrected chi connectivity index (χ1v) is 11.5. The highest BCUT2D eigenvalue weighted by atomic mass is 32.2. The molecule has 6 nitrogen and oxygen atoms in total. The molecule has 0 atom stereocenters. The maximum Gasteiger partial charge on any atom is 0.261 e. The second kappa shape index (κ2) is 7.54. The van der Waals surface area contributed by atoms with Gasteiger partial charge in [0.25, 0.3) is 10.0 Å². The predicted molar refractivity (Wildman–Crippen MR) is 105 cm³/mol. The highest BCUT2D eigenvalue weighted by Gasteiger charge is 2.17. The lowest BCUT2D eigenvalue weighted by atomic mass is 10.2. The molecule has 2 aromatic carbocycles. The van der Waals surface area contributed by atoms with Crippen LogP contribution < -0.4 is 9.86 Å². The van der Waals surface area contributed by atoms with Gasteiger partial charge in [-0.15, -0.1) is 11.3 Å². The smallest absolute Gasteiger partial charge is 0.261 e. The summed E-state index contributed by atoms with van der Waals surface area (Å²) in [5, 5.41) is 6.98. The van der Waals surface area contributed by atoms with E-state index < -0.39 is 20.0 Å². The number of thiophene rings is 1. The van der Waals surface area contributed by atoms with Gasteiger partial charge in [0, 0.05) is 5.56 Å². The zero-order valence-electron chi connectivity index (χ0n) is 13.8. The lowest BCUT2D eigenvalue weighted by Gasteiger charge is -2.09. The molecule has 1 heterocycles. The van der Waals surface area contributed by atoms with Crippen LogP contribution in [0.15, 0.2) is 75.8 Å². The Morgan fingerprint density at radius 3 is 2.30 bits per heavy atom. The average Bonchev–Trinajstić information content (AvgIpc) is 3.13. The van der Waals surface area contributed by atoms with E-state index >= 15 is 0 Å². The molecule has 0 radical (unpaired) electrons. The van der Waals surface area contributed by atoms with Gasteiger partial charge in [-0.2, -0.15) is 0 Å². The standard InChI is InChI=1S/C18H14N2O4S3/c19-26(21,22)17-7-2-8-18(13-17)27(23,24)20-15-5-1-4-14(12-15)9-10-16-6-3-11-25-16/h1-8,11-13,20H,(H2,19,21,22). The Balaban J connectivity index is 1.87. The van der Waals surface area contributed by atoms with Gasteiger partial charge < -0.3 is 0 Å². The lowest BCUT2D eigenvalue weighted by molar-refractivity contribution is 0.597. The van der Waals surface area contributed by atoms with Crippen molar-refractivity contribution in [3.63, 3.8) is 0 Å². The molecule has 9 heteroatoms. The molecular formula is C18H14N2O4S3. The molecule has 0 saturated heterocycles. The Bertz CT molecular complexity index is 1240. The van der Waals surface area contributed by atoms with Crippen LogP contribution in [-0.4, -0.2) is 16.8 Å². The molecule has 3 aromatic rings. The van der Waals surface area contributed by atoms with Crippen molar-refractivity contribution in [1.82, 2.24) is 0 Å². The van der Waals surface area contributed by atoms with Crippen LogP contribution in [0.25, 0.3) is 0 Å². The van der Waals surface area contributed by atoms with Gasteiger partial charge in [-0.3, -0.25) is 4.72 Å². The summed E-state index contributed by atoms with van der Waals surface area (Å²) < 4.78 is 50.4. The number of benzene rings is 2. The quantitative estimate of drug-likeness (QED) is 0.635. The van der Waals surface area contributed by atoms with Gasteiger partial charge in [0.2, 0.25) is 10.0 Å². The number of hydrogen-bond acceptors (Lipinski definition) is 5. The molecule has 0 bridgehead atoms. The van der Waals surface area contributed by atoms with Gasteiger partial charge in [-0.05, 0) is 47.8 Å². The van der Waals surface area contributed by atoms with E-state index in [1.165, 1.54) is 29.5 Å². The molecule has 3 N–H and O–H groups in total. The number of nitrogens with two attached hydrogens (primary N) is 1. The molecule has 0 fully saturated rings. The molecule has 0 saturated carbocycles. The molecule has 3 rings (SSSR count). The minimum absolute atomic E-state index is 0.205. The van der Waals surface area contributed by atoms with E-state index in [0.717, 1.165) is 10.9 Å². The molecule has 0 aliphatic rings. The molecule has 0 unspecified atom stereocenters. The van der Waals surface area contributed by atoms with Crippen LogP contribution in [0.3, 0.4) is 0 Å². The monoisotopic (exact) mass is 418 g/mol. The third kappa shape index (κ3) is 4.96. The Morgan fingerprint density at radius 2 is 1.59 bits per heavy atom. The topological polar surface area (TPSA) is 106 Å². The van der Waals surface area contributed by atoms with E-state index in [1.54, 1.807) is 24.3 Å². The summed E-state index contributed by atoms with van der Waals surface area (Å²) in [6.07, 6.45) is 0. The minimum Gasteiger partial charge on any atom is -0.280 e. The molecule has 0 spiro atoms. The third-order valence-corrected chi connectivity index (χ3v) is 6.49. The first-order chi connectivity index (χ1) is 12.7. The fourth-order valence-electron chi connectivity index (χ4n) is 2.18. The molecular weight excluding hydrogens is 404 g/mol. The van der Waals surface area contributed by atoms with Crippen molar-refractivity contribution in [3.05, 3.63) is 76.5 Å². The van der Waals surface area contributed by atoms with Gasteiger partial charge >= 0.3 is 0 Å². The summed E-state index contributed by atoms with van der Waals surface area (Å²) in [5.41, 5.74) is 0.955. The SMILES string of the molecule is NS(=O)(=O)c1cccc(S(=O)(=O)Nc2cccc(C#Cc3cccs3)c2)c1. The molecule has 0 aliphatic carbocycles. The van der Waals surface area contributed by atoms with Gasteiger partial charge in [-0.1, -0.05) is 30.0 Å². The van der Waals surface area contributed by atoms with Crippen molar-refractivity contribution >= 4 is 37.1 Å². The van der Waals surface area contributed by atoms with Gasteiger partial charge in [-0.25, -0.2) is 22.0 Å². The Morgan fingerprint density at radius 1 is 0.852 bits per heavy atom. The largest absolute Gasteiger partial charge is 0.280 e. The van der Waals surface area contributed by atoms with E-state index in [0.29, 0.717) is 11.3 Å². The summed E-state index contributed by atoms with van der Waals surface area (Å²) in [7, 11) is -7.99. The van der Waals surface area contributed by atoms with Gasteiger partial charge in [0.1, 0.15) is 0 Å². The maximum atomic E-state index is 12.6. The van der Waals surface area contributed by atoms with E-state index in [9.17, 15) is 16.8 Å². The summed E-state index contributed by atoms with van der Waals surface area (Å²) in [4.78, 5) is 0.422. The first-order valence-electron chi connectivity index (χ1n) is 7.55. The molecule has 0 amide bonds. The number of primary sulfonamides is 1. The predicted octanol–water partition coefficient (Wildman–Crippen LogP) is 2.60. The van der Waals surface area contributed by atoms with Crippen LogP contribution in [0, 0.1) is 11.8 Å². The van der Waals surface area contributed by atoms with Gasteiger partial charge in [0.15, 0.2) is 0 Å². The second-order valence-corrected chi connectivity index (χ2v) is 9.62. The maximum absolute atomic E-state index is 12.6. The molecule has 0 aliphatic heterocycles. The summed E-state index contributed by atoms with van der Waals surface area (Å²) in [6, 6.07) is 15.3. The van der Waals surface area contributed by atoms with E-state index in [2.05, 4.69) is 16.6 Å². The second-order valence-electron chi connectivity index (χ2n) is 5.43. The summed E-state index contributed by atoms with van der Waals surface area (Å²) >= 11 is 1.51. The Kier molecular flexibility index (Phi) is 5.34. The lowest BCUT2D eigenvalue weighted by Crippen LogP contribution is -2.16. The number of nitrogens with one attached hydrogen (secondary N) is 1. The van der Waals surface area contributed by atoms with Crippen LogP contribution in [0.5, 0.6) is 0 Å². The van der Waals surface area contributed by atoms with E-state index in [4.69, 9.17) is 5.14 Å².